The lowest BCUT2D eigenvalue weighted by molar-refractivity contribution is -0.139. The lowest BCUT2D eigenvalue weighted by atomic mass is 9.76. The van der Waals surface area contributed by atoms with Crippen molar-refractivity contribution >= 4 is 11.8 Å². The van der Waals surface area contributed by atoms with Gasteiger partial charge in [0.05, 0.1) is 18.2 Å². The molecule has 2 heterocycles. The van der Waals surface area contributed by atoms with Gasteiger partial charge in [-0.25, -0.2) is 4.79 Å². The first-order valence-electron chi connectivity index (χ1n) is 8.47. The molecule has 2 aliphatic rings. The van der Waals surface area contributed by atoms with Crippen LogP contribution in [0.3, 0.4) is 0 Å². The maximum atomic E-state index is 12.7. The van der Waals surface area contributed by atoms with Gasteiger partial charge in [-0.3, -0.25) is 9.48 Å². The second kappa shape index (κ2) is 6.38. The predicted octanol–water partition coefficient (Wildman–Crippen LogP) is 1.89. The van der Waals surface area contributed by atoms with E-state index in [0.717, 1.165) is 23.4 Å². The van der Waals surface area contributed by atoms with Gasteiger partial charge in [0.1, 0.15) is 11.3 Å². The Bertz CT molecular complexity index is 817. The molecule has 2 N–H and O–H groups in total. The van der Waals surface area contributed by atoms with Crippen molar-refractivity contribution < 1.29 is 19.1 Å². The lowest BCUT2D eigenvalue weighted by Crippen LogP contribution is -2.32. The summed E-state index contributed by atoms with van der Waals surface area (Å²) in [5, 5.41) is 4.44. The first kappa shape index (κ1) is 17.3. The van der Waals surface area contributed by atoms with Crippen LogP contribution in [0.25, 0.3) is 0 Å². The Morgan fingerprint density at radius 1 is 1.40 bits per heavy atom. The number of carbonyl (C=O) groups excluding carboxylic acids is 2. The quantitative estimate of drug-likeness (QED) is 0.841. The van der Waals surface area contributed by atoms with Gasteiger partial charge >= 0.3 is 5.97 Å². The number of nitrogens with zero attached hydrogens (tertiary/aromatic N) is 2. The highest BCUT2D eigenvalue weighted by Gasteiger charge is 2.43. The number of hydrogen-bond acceptors (Lipinski definition) is 6. The number of carbonyl (C=O) groups is 2. The highest BCUT2D eigenvalue weighted by molar-refractivity contribution is 6.03. The molecule has 0 amide bonds. The van der Waals surface area contributed by atoms with E-state index in [0.29, 0.717) is 24.2 Å². The summed E-state index contributed by atoms with van der Waals surface area (Å²) < 4.78 is 12.6. The van der Waals surface area contributed by atoms with Gasteiger partial charge in [0, 0.05) is 36.7 Å². The van der Waals surface area contributed by atoms with Crippen LogP contribution in [0.5, 0.6) is 0 Å². The monoisotopic (exact) mass is 345 g/mol. The van der Waals surface area contributed by atoms with E-state index in [-0.39, 0.29) is 23.8 Å². The highest BCUT2D eigenvalue weighted by Crippen LogP contribution is 2.45. The van der Waals surface area contributed by atoms with Gasteiger partial charge in [0.15, 0.2) is 5.78 Å². The zero-order valence-electron chi connectivity index (χ0n) is 15.0. The third-order valence-electron chi connectivity index (χ3n) is 4.83. The number of esters is 1. The zero-order chi connectivity index (χ0) is 18.3. The van der Waals surface area contributed by atoms with Crippen molar-refractivity contribution in [1.82, 2.24) is 9.78 Å². The maximum absolute atomic E-state index is 12.7. The average molecular weight is 345 g/mol. The van der Waals surface area contributed by atoms with Gasteiger partial charge in [-0.1, -0.05) is 0 Å². The van der Waals surface area contributed by atoms with Crippen molar-refractivity contribution in [2.75, 3.05) is 6.61 Å². The van der Waals surface area contributed by atoms with E-state index < -0.39 is 11.9 Å². The minimum Gasteiger partial charge on any atom is -0.462 e. The molecule has 0 fully saturated rings. The van der Waals surface area contributed by atoms with E-state index in [1.54, 1.807) is 11.6 Å². The number of nitrogens with two attached hydrogens (primary N) is 1. The zero-order valence-corrected chi connectivity index (χ0v) is 15.0. The molecular weight excluding hydrogens is 322 g/mol. The van der Waals surface area contributed by atoms with E-state index >= 15 is 0 Å². The molecule has 7 heteroatoms. The smallest absolute Gasteiger partial charge is 0.340 e. The topological polar surface area (TPSA) is 96.4 Å². The summed E-state index contributed by atoms with van der Waals surface area (Å²) in [5.74, 6) is -0.584. The number of Topliss-reactive ketones (excluding diaryl/α,β-unsaturated/α-hetero) is 1. The summed E-state index contributed by atoms with van der Waals surface area (Å²) in [7, 11) is 1.83. The van der Waals surface area contributed by atoms with Crippen LogP contribution in [0.2, 0.25) is 0 Å². The Labute approximate surface area is 146 Å². The molecule has 1 aliphatic carbocycles. The Hall–Kier alpha value is -2.57. The van der Waals surface area contributed by atoms with Gasteiger partial charge in [-0.15, -0.1) is 0 Å². The molecular formula is C18H23N3O4. The van der Waals surface area contributed by atoms with Gasteiger partial charge in [0.25, 0.3) is 0 Å². The summed E-state index contributed by atoms with van der Waals surface area (Å²) in [6.07, 6.45) is 1.79. The third-order valence-corrected chi connectivity index (χ3v) is 4.83. The summed E-state index contributed by atoms with van der Waals surface area (Å²) >= 11 is 0. The van der Waals surface area contributed by atoms with Crippen LogP contribution in [-0.2, 0) is 26.1 Å². The van der Waals surface area contributed by atoms with E-state index in [1.165, 1.54) is 0 Å². The van der Waals surface area contributed by atoms with Crippen molar-refractivity contribution in [2.45, 2.75) is 46.0 Å². The maximum Gasteiger partial charge on any atom is 0.340 e. The molecule has 1 aromatic heterocycles. The molecule has 0 aromatic carbocycles. The van der Waals surface area contributed by atoms with Crippen LogP contribution >= 0.6 is 0 Å². The van der Waals surface area contributed by atoms with Crippen molar-refractivity contribution in [3.05, 3.63) is 39.7 Å². The fourth-order valence-corrected chi connectivity index (χ4v) is 3.66. The number of hydrogen-bond donors (Lipinski definition) is 1. The molecule has 1 aliphatic heterocycles. The number of rotatable bonds is 3. The standard InChI is InChI=1S/C18H23N3O4/c1-5-24-18(23)16-15(13-9(2)20-21(4)10(13)3)14-11(22)7-6-8-12(14)25-17(16)19/h15H,5-8,19H2,1-4H3/t15-/m0/s1. The number of aryl methyl sites for hydroxylation is 2. The minimum atomic E-state index is -0.593. The van der Waals surface area contributed by atoms with Crippen molar-refractivity contribution in [1.29, 1.82) is 0 Å². The second-order valence-corrected chi connectivity index (χ2v) is 6.36. The van der Waals surface area contributed by atoms with Crippen molar-refractivity contribution in [3.63, 3.8) is 0 Å². The minimum absolute atomic E-state index is 0.0109. The molecule has 0 spiro atoms. The second-order valence-electron chi connectivity index (χ2n) is 6.36. The first-order valence-corrected chi connectivity index (χ1v) is 8.47. The van der Waals surface area contributed by atoms with Crippen LogP contribution in [0.1, 0.15) is 49.1 Å². The summed E-state index contributed by atoms with van der Waals surface area (Å²) in [6.45, 7) is 5.72. The number of ketones is 1. The summed E-state index contributed by atoms with van der Waals surface area (Å²) in [5.41, 5.74) is 9.24. The van der Waals surface area contributed by atoms with E-state index in [9.17, 15) is 9.59 Å². The molecule has 0 saturated carbocycles. The van der Waals surface area contributed by atoms with Crippen molar-refractivity contribution in [2.24, 2.45) is 12.8 Å². The highest BCUT2D eigenvalue weighted by atomic mass is 16.5. The van der Waals surface area contributed by atoms with Crippen molar-refractivity contribution in [3.8, 4) is 0 Å². The van der Waals surface area contributed by atoms with Crippen LogP contribution in [0.15, 0.2) is 22.8 Å². The SMILES string of the molecule is CCOC(=O)C1=C(N)OC2=C(C(=O)CCC2)[C@@H]1c1c(C)nn(C)c1C. The molecule has 1 aromatic rings. The number of aromatic nitrogens is 2. The molecule has 3 rings (SSSR count). The summed E-state index contributed by atoms with van der Waals surface area (Å²) in [4.78, 5) is 25.3. The van der Waals surface area contributed by atoms with E-state index in [4.69, 9.17) is 15.2 Å². The fraction of sp³-hybridized carbons (Fsp3) is 0.500. The summed E-state index contributed by atoms with van der Waals surface area (Å²) in [6, 6.07) is 0. The molecule has 7 nitrogen and oxygen atoms in total. The molecule has 0 radical (unpaired) electrons. The number of allylic oxidation sites excluding steroid dienone is 2. The largest absolute Gasteiger partial charge is 0.462 e. The van der Waals surface area contributed by atoms with Gasteiger partial charge in [-0.2, -0.15) is 5.10 Å². The molecule has 0 saturated heterocycles. The Kier molecular flexibility index (Phi) is 4.41. The van der Waals surface area contributed by atoms with E-state index in [2.05, 4.69) is 5.10 Å². The van der Waals surface area contributed by atoms with Gasteiger partial charge in [-0.05, 0) is 27.2 Å². The first-order chi connectivity index (χ1) is 11.9. The number of ether oxygens (including phenoxy) is 2. The molecule has 1 atom stereocenters. The molecule has 0 bridgehead atoms. The molecule has 134 valence electrons. The average Bonchev–Trinajstić information content (AvgIpc) is 2.79. The Morgan fingerprint density at radius 3 is 2.72 bits per heavy atom. The van der Waals surface area contributed by atoms with E-state index in [1.807, 2.05) is 20.9 Å². The van der Waals surface area contributed by atoms with Crippen LogP contribution in [0.4, 0.5) is 0 Å². The molecule has 0 unspecified atom stereocenters. The van der Waals surface area contributed by atoms with Crippen LogP contribution in [-0.4, -0.2) is 28.1 Å². The van der Waals surface area contributed by atoms with Crippen LogP contribution < -0.4 is 5.73 Å². The van der Waals surface area contributed by atoms with Gasteiger partial charge in [0.2, 0.25) is 5.88 Å². The van der Waals surface area contributed by atoms with Crippen LogP contribution in [0, 0.1) is 13.8 Å². The Morgan fingerprint density at radius 2 is 2.12 bits per heavy atom. The van der Waals surface area contributed by atoms with Gasteiger partial charge < -0.3 is 15.2 Å². The fourth-order valence-electron chi connectivity index (χ4n) is 3.66. The third kappa shape index (κ3) is 2.73. The predicted molar refractivity (Wildman–Crippen MR) is 90.2 cm³/mol. The normalized spacial score (nSPS) is 20.5. The Balaban J connectivity index is 2.24. The lowest BCUT2D eigenvalue weighted by Gasteiger charge is -2.32. The molecule has 25 heavy (non-hydrogen) atoms.